The van der Waals surface area contributed by atoms with Gasteiger partial charge in [0.2, 0.25) is 0 Å². The average Bonchev–Trinajstić information content (AvgIpc) is 3.21. The molecule has 0 N–H and O–H groups in total. The van der Waals surface area contributed by atoms with Crippen molar-refractivity contribution in [3.8, 4) is 11.1 Å². The van der Waals surface area contributed by atoms with Gasteiger partial charge in [-0.1, -0.05) is 0 Å². The molecule has 0 atom stereocenters. The Balaban J connectivity index is 0.000000911. The molecular weight excluding hydrogens is 514 g/mol. The summed E-state index contributed by atoms with van der Waals surface area (Å²) in [6, 6.07) is 13.6. The largest absolute Gasteiger partial charge is 1.00 e. The van der Waals surface area contributed by atoms with Gasteiger partial charge >= 0.3 is 161 Å². The van der Waals surface area contributed by atoms with E-state index in [4.69, 9.17) is 0 Å². The van der Waals surface area contributed by atoms with E-state index >= 15 is 0 Å². The molecule has 25 heavy (non-hydrogen) atoms. The third-order valence-corrected chi connectivity index (χ3v) is 9.46. The van der Waals surface area contributed by atoms with Crippen LogP contribution in [0.5, 0.6) is 0 Å². The van der Waals surface area contributed by atoms with Crippen molar-refractivity contribution in [3.05, 3.63) is 72.8 Å². The second kappa shape index (κ2) is 7.82. The van der Waals surface area contributed by atoms with Crippen molar-refractivity contribution in [3.63, 3.8) is 0 Å². The Bertz CT molecular complexity index is 1020. The Morgan fingerprint density at radius 3 is 2.72 bits per heavy atom. The smallest absolute Gasteiger partial charge is 1.00 e. The number of rotatable bonds is 2. The number of thiophene rings is 1. The Labute approximate surface area is 183 Å². The second-order valence-electron chi connectivity index (χ2n) is 6.01. The fourth-order valence-electron chi connectivity index (χ4n) is 3.56. The van der Waals surface area contributed by atoms with Crippen molar-refractivity contribution in [1.82, 2.24) is 0 Å². The second-order valence-corrected chi connectivity index (χ2v) is 11.6. The fraction of sp³-hybridized carbons (Fsp3) is 0.100. The first-order valence-electron chi connectivity index (χ1n) is 7.75. The van der Waals surface area contributed by atoms with Gasteiger partial charge in [0.25, 0.3) is 0 Å². The van der Waals surface area contributed by atoms with Crippen LogP contribution in [0.2, 0.25) is 0 Å². The van der Waals surface area contributed by atoms with Gasteiger partial charge in [0, 0.05) is 0 Å². The van der Waals surface area contributed by atoms with E-state index in [1.807, 2.05) is 11.3 Å². The first-order valence-corrected chi connectivity index (χ1v) is 11.8. The van der Waals surface area contributed by atoms with Crippen LogP contribution in [0.25, 0.3) is 21.2 Å². The van der Waals surface area contributed by atoms with E-state index in [-0.39, 0.29) is 24.8 Å². The summed E-state index contributed by atoms with van der Waals surface area (Å²) in [7, 11) is 0. The van der Waals surface area contributed by atoms with E-state index in [1.165, 1.54) is 32.3 Å². The minimum absolute atomic E-state index is 0. The van der Waals surface area contributed by atoms with Crippen LogP contribution in [-0.4, -0.2) is 0 Å². The van der Waals surface area contributed by atoms with Crippen LogP contribution < -0.4 is 28.1 Å². The van der Waals surface area contributed by atoms with Crippen LogP contribution in [0.15, 0.2) is 62.4 Å². The fourth-order valence-corrected chi connectivity index (χ4v) is 9.55. The number of hydrogen-bond acceptors (Lipinski definition) is 1. The van der Waals surface area contributed by atoms with Crippen LogP contribution in [0.3, 0.4) is 0 Å². The number of hydrogen-bond donors (Lipinski definition) is 0. The van der Waals surface area contributed by atoms with E-state index in [9.17, 15) is 0 Å². The SMILES string of the molecule is Brc1c[c]([Zr+2][C]2=CC=CC2)c2c3c(sc2c1)Cc1ccccc1-3.[Cl-].[Cl-]. The summed E-state index contributed by atoms with van der Waals surface area (Å²) in [5.74, 6) is 0. The van der Waals surface area contributed by atoms with Crippen molar-refractivity contribution < 1.29 is 48.0 Å². The van der Waals surface area contributed by atoms with Crippen molar-refractivity contribution in [1.29, 1.82) is 0 Å². The molecule has 124 valence electrons. The van der Waals surface area contributed by atoms with Gasteiger partial charge in [-0.2, -0.15) is 0 Å². The molecule has 3 aromatic rings. The summed E-state index contributed by atoms with van der Waals surface area (Å²) >= 11 is 5.01. The van der Waals surface area contributed by atoms with Gasteiger partial charge < -0.3 is 24.8 Å². The maximum Gasteiger partial charge on any atom is -1.00 e. The maximum atomic E-state index is 3.74. The third kappa shape index (κ3) is 3.39. The van der Waals surface area contributed by atoms with E-state index in [2.05, 4.69) is 70.6 Å². The molecule has 0 saturated carbocycles. The summed E-state index contributed by atoms with van der Waals surface area (Å²) in [5.41, 5.74) is 4.50. The van der Waals surface area contributed by atoms with E-state index in [1.54, 1.807) is 16.8 Å². The molecule has 5 rings (SSSR count). The summed E-state index contributed by atoms with van der Waals surface area (Å²) in [6.07, 6.45) is 9.14. The number of halogens is 3. The van der Waals surface area contributed by atoms with E-state index in [0.717, 1.165) is 6.42 Å². The predicted molar refractivity (Wildman–Crippen MR) is 99.2 cm³/mol. The molecule has 0 unspecified atom stereocenters. The van der Waals surface area contributed by atoms with Gasteiger partial charge in [-0.15, -0.1) is 0 Å². The van der Waals surface area contributed by atoms with Crippen molar-refractivity contribution in [2.24, 2.45) is 0 Å². The molecule has 5 heteroatoms. The molecule has 0 amide bonds. The molecule has 0 nitrogen and oxygen atoms in total. The van der Waals surface area contributed by atoms with Gasteiger partial charge in [-0.3, -0.25) is 0 Å². The number of allylic oxidation sites excluding steroid dienone is 4. The summed E-state index contributed by atoms with van der Waals surface area (Å²) in [6.45, 7) is 0. The summed E-state index contributed by atoms with van der Waals surface area (Å²) in [5, 5.41) is 1.55. The van der Waals surface area contributed by atoms with Gasteiger partial charge in [-0.05, 0) is 0 Å². The van der Waals surface area contributed by atoms with Crippen molar-refractivity contribution in [2.45, 2.75) is 12.8 Å². The van der Waals surface area contributed by atoms with Gasteiger partial charge in [0.05, 0.1) is 0 Å². The third-order valence-electron chi connectivity index (χ3n) is 4.53. The first kappa shape index (κ1) is 19.6. The average molecular weight is 527 g/mol. The van der Waals surface area contributed by atoms with Gasteiger partial charge in [0.15, 0.2) is 0 Å². The molecule has 2 aliphatic rings. The molecule has 0 saturated heterocycles. The van der Waals surface area contributed by atoms with Crippen molar-refractivity contribution >= 4 is 40.6 Å². The number of benzene rings is 2. The van der Waals surface area contributed by atoms with Crippen molar-refractivity contribution in [2.75, 3.05) is 0 Å². The summed E-state index contributed by atoms with van der Waals surface area (Å²) in [4.78, 5) is 1.55. The Kier molecular flexibility index (Phi) is 6.13. The summed E-state index contributed by atoms with van der Waals surface area (Å²) < 4.78 is 6.00. The molecule has 0 fully saturated rings. The Morgan fingerprint density at radius 2 is 1.92 bits per heavy atom. The zero-order chi connectivity index (χ0) is 15.4. The standard InChI is InChI=1S/C15H8BrS.C5H5.2ClH.Zr/c16-10-5-6-12-13(8-10)17-14-7-9-3-1-2-4-11(9)15(12)14;1-2-4-5-3-1;;;/h1-5,8H,7H2;1-3H,4H2;2*1H;/q;;;;+2/p-2. The van der Waals surface area contributed by atoms with Gasteiger partial charge in [0.1, 0.15) is 0 Å². The topological polar surface area (TPSA) is 0 Å². The zero-order valence-corrected chi connectivity index (χ0v) is 19.5. The minimum atomic E-state index is -0.716. The maximum absolute atomic E-state index is 3.74. The van der Waals surface area contributed by atoms with Crippen LogP contribution in [0, 0.1) is 0 Å². The molecule has 1 heterocycles. The van der Waals surface area contributed by atoms with E-state index < -0.39 is 23.2 Å². The molecule has 0 aliphatic heterocycles. The molecule has 1 aromatic heterocycles. The molecule has 2 aliphatic carbocycles. The molecule has 0 spiro atoms. The molecular formula is C20H13BrCl2SZr. The molecule has 2 aromatic carbocycles. The van der Waals surface area contributed by atoms with Crippen LogP contribution in [0.4, 0.5) is 0 Å². The van der Waals surface area contributed by atoms with Gasteiger partial charge in [-0.25, -0.2) is 0 Å². The Hall–Kier alpha value is -0.177. The van der Waals surface area contributed by atoms with Crippen LogP contribution in [0.1, 0.15) is 16.9 Å². The predicted octanol–water partition coefficient (Wildman–Crippen LogP) is -0.205. The van der Waals surface area contributed by atoms with Crippen LogP contribution in [-0.2, 0) is 29.7 Å². The quantitative estimate of drug-likeness (QED) is 0.339. The molecule has 0 bridgehead atoms. The number of fused-ring (bicyclic) bond motifs is 5. The minimum Gasteiger partial charge on any atom is -1.00 e. The molecule has 0 radical (unpaired) electrons. The normalized spacial score (nSPS) is 13.6. The van der Waals surface area contributed by atoms with Crippen LogP contribution >= 0.6 is 27.3 Å². The monoisotopic (exact) mass is 524 g/mol. The first-order chi connectivity index (χ1) is 11.3. The zero-order valence-electron chi connectivity index (χ0n) is 13.2. The van der Waals surface area contributed by atoms with E-state index in [0.29, 0.717) is 0 Å². The Morgan fingerprint density at radius 1 is 1.08 bits per heavy atom.